The molecule has 1 aromatic rings. The molecule has 6 heteroatoms. The second-order valence-corrected chi connectivity index (χ2v) is 15.5. The molecule has 0 unspecified atom stereocenters. The Balaban J connectivity index is 2.24. The van der Waals surface area contributed by atoms with Crippen LogP contribution in [0.5, 0.6) is 0 Å². The molecule has 0 N–H and O–H groups in total. The molecule has 2 rings (SSSR count). The smallest absolute Gasteiger partial charge is 0.311 e. The first-order valence-corrected chi connectivity index (χ1v) is 12.9. The summed E-state index contributed by atoms with van der Waals surface area (Å²) in [6.45, 7) is 16.8. The number of carbonyl (C=O) groups excluding carboxylic acids is 1. The van der Waals surface area contributed by atoms with Crippen LogP contribution in [0.1, 0.15) is 60.1 Å². The third-order valence-corrected chi connectivity index (χ3v) is 10.4. The number of hydrogen-bond donors (Lipinski definition) is 0. The van der Waals surface area contributed by atoms with Crippen LogP contribution in [0.2, 0.25) is 18.1 Å². The van der Waals surface area contributed by atoms with Gasteiger partial charge in [0.05, 0.1) is 11.1 Å². The van der Waals surface area contributed by atoms with E-state index in [1.54, 1.807) is 6.20 Å². The Hall–Kier alpha value is -0.723. The highest BCUT2D eigenvalue weighted by molar-refractivity contribution is 9.10. The molecule has 0 atom stereocenters. The van der Waals surface area contributed by atoms with Crippen LogP contribution < -0.4 is 0 Å². The van der Waals surface area contributed by atoms with Crippen molar-refractivity contribution in [2.75, 3.05) is 0 Å². The zero-order chi connectivity index (χ0) is 20.0. The Kier molecular flexibility index (Phi) is 5.83. The molecular weight excluding hydrogens is 410 g/mol. The van der Waals surface area contributed by atoms with E-state index in [2.05, 4.69) is 54.8 Å². The van der Waals surface area contributed by atoms with E-state index in [1.165, 1.54) is 0 Å². The van der Waals surface area contributed by atoms with Crippen LogP contribution in [0.15, 0.2) is 22.8 Å². The maximum Gasteiger partial charge on any atom is 0.311 e. The van der Waals surface area contributed by atoms with Gasteiger partial charge in [-0.05, 0) is 67.0 Å². The Morgan fingerprint density at radius 2 is 1.77 bits per heavy atom. The van der Waals surface area contributed by atoms with E-state index in [4.69, 9.17) is 9.16 Å². The Morgan fingerprint density at radius 3 is 2.19 bits per heavy atom. The first kappa shape index (κ1) is 21.6. The Labute approximate surface area is 167 Å². The number of nitrogens with zero attached hydrogens (tertiary/aromatic N) is 1. The largest absolute Gasteiger partial charge is 0.462 e. The van der Waals surface area contributed by atoms with Crippen LogP contribution in [0.4, 0.5) is 0 Å². The highest BCUT2D eigenvalue weighted by Crippen LogP contribution is 2.51. The van der Waals surface area contributed by atoms with Crippen molar-refractivity contribution in [2.45, 2.75) is 84.2 Å². The zero-order valence-corrected chi connectivity index (χ0v) is 19.9. The molecule has 146 valence electrons. The molecule has 0 saturated heterocycles. The lowest BCUT2D eigenvalue weighted by Crippen LogP contribution is -2.57. The average molecular weight is 442 g/mol. The summed E-state index contributed by atoms with van der Waals surface area (Å²) in [6, 6.07) is 4.01. The van der Waals surface area contributed by atoms with Crippen molar-refractivity contribution in [3.05, 3.63) is 28.5 Å². The van der Waals surface area contributed by atoms with Gasteiger partial charge < -0.3 is 9.16 Å². The molecule has 0 bridgehead atoms. The molecule has 0 aromatic carbocycles. The minimum atomic E-state index is -2.00. The second-order valence-electron chi connectivity index (χ2n) is 9.90. The van der Waals surface area contributed by atoms with E-state index in [9.17, 15) is 4.79 Å². The molecule has 4 nitrogen and oxygen atoms in total. The lowest BCUT2D eigenvalue weighted by atomic mass is 9.75. The van der Waals surface area contributed by atoms with Crippen molar-refractivity contribution >= 4 is 30.2 Å². The van der Waals surface area contributed by atoms with Gasteiger partial charge in [-0.3, -0.25) is 9.78 Å². The molecule has 1 saturated carbocycles. The zero-order valence-electron chi connectivity index (χ0n) is 17.3. The number of halogens is 1. The molecule has 0 spiro atoms. The standard InChI is InChI=1S/C20H32BrNO3Si/c1-18(2,3)17(23)24-15-11-20(12-15,16-10-9-14(21)13-22-16)25-26(7,8)19(4,5)6/h9-10,13,15H,11-12H2,1-8H3. The van der Waals surface area contributed by atoms with Crippen molar-refractivity contribution < 1.29 is 14.0 Å². The number of esters is 1. The lowest BCUT2D eigenvalue weighted by molar-refractivity contribution is -0.180. The third kappa shape index (κ3) is 4.57. The van der Waals surface area contributed by atoms with Gasteiger partial charge in [0, 0.05) is 23.5 Å². The second kappa shape index (κ2) is 7.02. The van der Waals surface area contributed by atoms with Crippen LogP contribution in [0.25, 0.3) is 0 Å². The summed E-state index contributed by atoms with van der Waals surface area (Å²) in [7, 11) is -2.00. The summed E-state index contributed by atoms with van der Waals surface area (Å²) in [5.74, 6) is -0.160. The maximum absolute atomic E-state index is 12.2. The molecule has 1 aliphatic rings. The van der Waals surface area contributed by atoms with Gasteiger partial charge in [0.2, 0.25) is 0 Å². The summed E-state index contributed by atoms with van der Waals surface area (Å²) in [5.41, 5.74) is -0.0328. The normalized spacial score (nSPS) is 24.1. The molecule has 1 fully saturated rings. The van der Waals surface area contributed by atoms with Crippen LogP contribution in [0, 0.1) is 5.41 Å². The third-order valence-electron chi connectivity index (χ3n) is 5.45. The molecule has 0 amide bonds. The molecule has 1 aromatic heterocycles. The van der Waals surface area contributed by atoms with Gasteiger partial charge in [-0.25, -0.2) is 0 Å². The van der Waals surface area contributed by atoms with Crippen LogP contribution in [-0.2, 0) is 19.6 Å². The number of hydrogen-bond acceptors (Lipinski definition) is 4. The van der Waals surface area contributed by atoms with E-state index in [-0.39, 0.29) is 17.1 Å². The minimum Gasteiger partial charge on any atom is -0.462 e. The fourth-order valence-corrected chi connectivity index (χ4v) is 4.51. The predicted octanol–water partition coefficient (Wildman–Crippen LogP) is 5.81. The van der Waals surface area contributed by atoms with Gasteiger partial charge in [0.15, 0.2) is 8.32 Å². The maximum atomic E-state index is 12.2. The van der Waals surface area contributed by atoms with E-state index in [0.717, 1.165) is 10.2 Å². The highest BCUT2D eigenvalue weighted by atomic mass is 79.9. The fraction of sp³-hybridized carbons (Fsp3) is 0.700. The quantitative estimate of drug-likeness (QED) is 0.436. The first-order chi connectivity index (χ1) is 11.7. The molecular formula is C20H32BrNO3Si. The number of aromatic nitrogens is 1. The number of pyridine rings is 1. The highest BCUT2D eigenvalue weighted by Gasteiger charge is 2.55. The summed E-state index contributed by atoms with van der Waals surface area (Å²) in [6.07, 6.45) is 3.02. The summed E-state index contributed by atoms with van der Waals surface area (Å²) in [5, 5.41) is 0.0997. The number of carbonyl (C=O) groups is 1. The molecule has 1 heterocycles. The van der Waals surface area contributed by atoms with Crippen molar-refractivity contribution in [1.29, 1.82) is 0 Å². The fourth-order valence-electron chi connectivity index (χ4n) is 2.72. The van der Waals surface area contributed by atoms with Crippen LogP contribution in [-0.4, -0.2) is 25.4 Å². The van der Waals surface area contributed by atoms with Crippen LogP contribution in [0.3, 0.4) is 0 Å². The van der Waals surface area contributed by atoms with Gasteiger partial charge in [-0.1, -0.05) is 20.8 Å². The predicted molar refractivity (Wildman–Crippen MR) is 110 cm³/mol. The van der Waals surface area contributed by atoms with Gasteiger partial charge in [0.25, 0.3) is 0 Å². The summed E-state index contributed by atoms with van der Waals surface area (Å²) >= 11 is 3.45. The van der Waals surface area contributed by atoms with Crippen molar-refractivity contribution in [3.8, 4) is 0 Å². The molecule has 26 heavy (non-hydrogen) atoms. The van der Waals surface area contributed by atoms with E-state index < -0.39 is 19.3 Å². The van der Waals surface area contributed by atoms with Gasteiger partial charge in [-0.15, -0.1) is 0 Å². The first-order valence-electron chi connectivity index (χ1n) is 9.20. The molecule has 1 aliphatic carbocycles. The van der Waals surface area contributed by atoms with E-state index in [1.807, 2.05) is 32.9 Å². The molecule has 0 radical (unpaired) electrons. The number of rotatable bonds is 4. The van der Waals surface area contributed by atoms with Gasteiger partial charge in [-0.2, -0.15) is 0 Å². The van der Waals surface area contributed by atoms with Crippen molar-refractivity contribution in [3.63, 3.8) is 0 Å². The van der Waals surface area contributed by atoms with Crippen molar-refractivity contribution in [2.24, 2.45) is 5.41 Å². The van der Waals surface area contributed by atoms with E-state index >= 15 is 0 Å². The SMILES string of the molecule is CC(C)(C)C(=O)OC1CC(O[Si](C)(C)C(C)(C)C)(c2ccc(Br)cn2)C1. The van der Waals surface area contributed by atoms with Crippen molar-refractivity contribution in [1.82, 2.24) is 4.98 Å². The minimum absolute atomic E-state index is 0.0997. The molecule has 0 aliphatic heterocycles. The van der Waals surface area contributed by atoms with Gasteiger partial charge >= 0.3 is 5.97 Å². The summed E-state index contributed by atoms with van der Waals surface area (Å²) < 4.78 is 13.5. The topological polar surface area (TPSA) is 48.4 Å². The van der Waals surface area contributed by atoms with E-state index in [0.29, 0.717) is 12.8 Å². The lowest BCUT2D eigenvalue weighted by Gasteiger charge is -2.52. The average Bonchev–Trinajstić information content (AvgIpc) is 2.42. The Bertz CT molecular complexity index is 653. The summed E-state index contributed by atoms with van der Waals surface area (Å²) in [4.78, 5) is 16.8. The number of ether oxygens (including phenoxy) is 1. The van der Waals surface area contributed by atoms with Crippen LogP contribution >= 0.6 is 15.9 Å². The monoisotopic (exact) mass is 441 g/mol. The van der Waals surface area contributed by atoms with Gasteiger partial charge in [0.1, 0.15) is 11.7 Å². The Morgan fingerprint density at radius 1 is 1.19 bits per heavy atom.